The molecular formula is C26H29BrF3N3O3. The van der Waals surface area contributed by atoms with Crippen molar-refractivity contribution in [2.45, 2.75) is 74.8 Å². The van der Waals surface area contributed by atoms with E-state index in [0.717, 1.165) is 35.7 Å². The van der Waals surface area contributed by atoms with Crippen molar-refractivity contribution >= 4 is 27.7 Å². The predicted octanol–water partition coefficient (Wildman–Crippen LogP) is 4.49. The number of hydrogen-bond donors (Lipinski definition) is 3. The molecule has 194 valence electrons. The second kappa shape index (κ2) is 10.8. The Bertz CT molecular complexity index is 1060. The molecule has 0 aromatic heterocycles. The van der Waals surface area contributed by atoms with Gasteiger partial charge in [0, 0.05) is 23.0 Å². The molecule has 0 aliphatic heterocycles. The van der Waals surface area contributed by atoms with Gasteiger partial charge in [0.05, 0.1) is 5.41 Å². The third-order valence-electron chi connectivity index (χ3n) is 6.92. The molecule has 2 saturated carbocycles. The number of rotatable bonds is 8. The van der Waals surface area contributed by atoms with Gasteiger partial charge in [-0.1, -0.05) is 40.2 Å². The molecule has 4 rings (SSSR count). The molecule has 2 aromatic carbocycles. The highest BCUT2D eigenvalue weighted by molar-refractivity contribution is 9.10. The Balaban J connectivity index is 1.47. The Kier molecular flexibility index (Phi) is 7.94. The molecule has 0 heterocycles. The van der Waals surface area contributed by atoms with E-state index in [4.69, 9.17) is 5.73 Å². The number of benzene rings is 2. The number of carbonyl (C=O) groups excluding carboxylic acids is 2. The first kappa shape index (κ1) is 26.5. The van der Waals surface area contributed by atoms with Gasteiger partial charge in [0.25, 0.3) is 0 Å². The molecule has 0 radical (unpaired) electrons. The Hall–Kier alpha value is -2.59. The zero-order valence-corrected chi connectivity index (χ0v) is 21.2. The minimum atomic E-state index is -4.78. The topological polar surface area (TPSA) is 93.5 Å². The monoisotopic (exact) mass is 567 g/mol. The fourth-order valence-electron chi connectivity index (χ4n) is 4.67. The largest absolute Gasteiger partial charge is 0.573 e. The molecule has 2 fully saturated rings. The number of amides is 2. The second-order valence-electron chi connectivity index (χ2n) is 9.63. The lowest BCUT2D eigenvalue weighted by Gasteiger charge is -2.29. The van der Waals surface area contributed by atoms with Gasteiger partial charge in [0.1, 0.15) is 11.8 Å². The van der Waals surface area contributed by atoms with Crippen LogP contribution < -0.4 is 21.1 Å². The molecule has 1 atom stereocenters. The van der Waals surface area contributed by atoms with Crippen LogP contribution in [0.3, 0.4) is 0 Å². The standard InChI is InChI=1S/C26H29BrF3N3O3/c27-18-5-1-16(2-6-18)15-22(23(34)32-20-9-7-19(31)8-10-20)33-24(35)25(13-14-25)17-3-11-21(12-4-17)36-26(28,29)30/h1-6,11-12,19-20,22H,7-10,13-15,31H2,(H,32,34)(H,33,35)/t19-,20+,22?. The van der Waals surface area contributed by atoms with Gasteiger partial charge in [-0.15, -0.1) is 13.2 Å². The third kappa shape index (κ3) is 6.79. The first-order chi connectivity index (χ1) is 17.0. The van der Waals surface area contributed by atoms with Crippen LogP contribution in [0, 0.1) is 0 Å². The molecule has 6 nitrogen and oxygen atoms in total. The lowest BCUT2D eigenvalue weighted by atomic mass is 9.91. The molecule has 2 aliphatic rings. The van der Waals surface area contributed by atoms with E-state index < -0.39 is 17.8 Å². The predicted molar refractivity (Wildman–Crippen MR) is 132 cm³/mol. The maximum absolute atomic E-state index is 13.4. The summed E-state index contributed by atoms with van der Waals surface area (Å²) < 4.78 is 42.3. The van der Waals surface area contributed by atoms with Crippen molar-refractivity contribution in [1.29, 1.82) is 0 Å². The van der Waals surface area contributed by atoms with Crippen molar-refractivity contribution in [2.75, 3.05) is 0 Å². The highest BCUT2D eigenvalue weighted by atomic mass is 79.9. The van der Waals surface area contributed by atoms with E-state index in [2.05, 4.69) is 31.3 Å². The zero-order valence-electron chi connectivity index (χ0n) is 19.6. The summed E-state index contributed by atoms with van der Waals surface area (Å²) >= 11 is 3.40. The number of halogens is 4. The number of hydrogen-bond acceptors (Lipinski definition) is 4. The summed E-state index contributed by atoms with van der Waals surface area (Å²) in [6.45, 7) is 0. The quantitative estimate of drug-likeness (QED) is 0.438. The van der Waals surface area contributed by atoms with Crippen LogP contribution >= 0.6 is 15.9 Å². The third-order valence-corrected chi connectivity index (χ3v) is 7.45. The van der Waals surface area contributed by atoms with Gasteiger partial charge >= 0.3 is 6.36 Å². The van der Waals surface area contributed by atoms with Crippen LogP contribution in [0.4, 0.5) is 13.2 Å². The fraction of sp³-hybridized carbons (Fsp3) is 0.462. The van der Waals surface area contributed by atoms with E-state index in [9.17, 15) is 22.8 Å². The van der Waals surface area contributed by atoms with Gasteiger partial charge in [-0.3, -0.25) is 9.59 Å². The maximum atomic E-state index is 13.4. The average Bonchev–Trinajstić information content (AvgIpc) is 3.63. The van der Waals surface area contributed by atoms with Gasteiger partial charge in [-0.25, -0.2) is 0 Å². The lowest BCUT2D eigenvalue weighted by Crippen LogP contribution is -2.53. The van der Waals surface area contributed by atoms with Crippen LogP contribution in [0.2, 0.25) is 0 Å². The molecule has 0 spiro atoms. The van der Waals surface area contributed by atoms with E-state index in [1.807, 2.05) is 24.3 Å². The Morgan fingerprint density at radius 2 is 1.64 bits per heavy atom. The summed E-state index contributed by atoms with van der Waals surface area (Å²) in [5.41, 5.74) is 6.60. The lowest BCUT2D eigenvalue weighted by molar-refractivity contribution is -0.274. The number of nitrogens with two attached hydrogens (primary N) is 1. The number of carbonyl (C=O) groups is 2. The number of ether oxygens (including phenoxy) is 1. The second-order valence-corrected chi connectivity index (χ2v) is 10.5. The maximum Gasteiger partial charge on any atom is 0.573 e. The summed E-state index contributed by atoms with van der Waals surface area (Å²) in [5, 5.41) is 6.01. The Morgan fingerprint density at radius 1 is 1.03 bits per heavy atom. The molecule has 0 bridgehead atoms. The Morgan fingerprint density at radius 3 is 2.19 bits per heavy atom. The summed E-state index contributed by atoms with van der Waals surface area (Å²) in [6.07, 6.45) is -0.114. The first-order valence-corrected chi connectivity index (χ1v) is 12.8. The van der Waals surface area contributed by atoms with Crippen LogP contribution in [0.5, 0.6) is 5.75 Å². The molecule has 10 heteroatoms. The van der Waals surface area contributed by atoms with Crippen molar-refractivity contribution in [3.63, 3.8) is 0 Å². The molecule has 0 saturated heterocycles. The average molecular weight is 568 g/mol. The fourth-order valence-corrected chi connectivity index (χ4v) is 4.94. The smallest absolute Gasteiger partial charge is 0.406 e. The van der Waals surface area contributed by atoms with Crippen molar-refractivity contribution in [3.8, 4) is 5.75 Å². The molecule has 2 aromatic rings. The SMILES string of the molecule is N[C@H]1CC[C@@H](NC(=O)C(Cc2ccc(Br)cc2)NC(=O)C2(c3ccc(OC(F)(F)F)cc3)CC2)CC1. The first-order valence-electron chi connectivity index (χ1n) is 12.0. The minimum Gasteiger partial charge on any atom is -0.406 e. The molecule has 2 amide bonds. The number of alkyl halides is 3. The summed E-state index contributed by atoms with van der Waals surface area (Å²) in [5.74, 6) is -0.909. The van der Waals surface area contributed by atoms with Crippen LogP contribution in [-0.2, 0) is 21.4 Å². The number of nitrogens with one attached hydrogen (secondary N) is 2. The van der Waals surface area contributed by atoms with Crippen LogP contribution in [0.15, 0.2) is 53.0 Å². The van der Waals surface area contributed by atoms with E-state index in [0.29, 0.717) is 24.8 Å². The van der Waals surface area contributed by atoms with Gasteiger partial charge < -0.3 is 21.1 Å². The molecule has 4 N–H and O–H groups in total. The normalized spacial score (nSPS) is 21.8. The molecule has 2 aliphatic carbocycles. The molecule has 36 heavy (non-hydrogen) atoms. The van der Waals surface area contributed by atoms with Crippen molar-refractivity contribution in [2.24, 2.45) is 5.73 Å². The molecular weight excluding hydrogens is 539 g/mol. The van der Waals surface area contributed by atoms with E-state index in [-0.39, 0.29) is 29.6 Å². The van der Waals surface area contributed by atoms with Crippen molar-refractivity contribution in [1.82, 2.24) is 10.6 Å². The van der Waals surface area contributed by atoms with E-state index in [1.165, 1.54) is 24.3 Å². The van der Waals surface area contributed by atoms with Crippen molar-refractivity contribution < 1.29 is 27.5 Å². The minimum absolute atomic E-state index is 0.0117. The summed E-state index contributed by atoms with van der Waals surface area (Å²) in [4.78, 5) is 26.7. The van der Waals surface area contributed by atoms with Gasteiger partial charge in [-0.2, -0.15) is 0 Å². The molecule has 1 unspecified atom stereocenters. The van der Waals surface area contributed by atoms with E-state index in [1.54, 1.807) is 0 Å². The van der Waals surface area contributed by atoms with Gasteiger partial charge in [-0.05, 0) is 73.9 Å². The summed E-state index contributed by atoms with van der Waals surface area (Å²) in [6, 6.07) is 12.3. The van der Waals surface area contributed by atoms with Crippen molar-refractivity contribution in [3.05, 3.63) is 64.1 Å². The highest BCUT2D eigenvalue weighted by Gasteiger charge is 2.52. The van der Waals surface area contributed by atoms with Crippen LogP contribution in [0.1, 0.15) is 49.7 Å². The van der Waals surface area contributed by atoms with Crippen LogP contribution in [0.25, 0.3) is 0 Å². The van der Waals surface area contributed by atoms with E-state index >= 15 is 0 Å². The van der Waals surface area contributed by atoms with Gasteiger partial charge in [0.2, 0.25) is 11.8 Å². The van der Waals surface area contributed by atoms with Gasteiger partial charge in [0.15, 0.2) is 0 Å². The highest BCUT2D eigenvalue weighted by Crippen LogP contribution is 2.49. The zero-order chi connectivity index (χ0) is 25.9. The Labute approximate surface area is 216 Å². The van der Waals surface area contributed by atoms with Crippen LogP contribution in [-0.4, -0.2) is 36.3 Å². The summed E-state index contributed by atoms with van der Waals surface area (Å²) in [7, 11) is 0.